The highest BCUT2D eigenvalue weighted by Crippen LogP contribution is 2.27. The van der Waals surface area contributed by atoms with Crippen LogP contribution in [0.1, 0.15) is 23.1 Å². The van der Waals surface area contributed by atoms with Gasteiger partial charge in [-0.25, -0.2) is 0 Å². The summed E-state index contributed by atoms with van der Waals surface area (Å²) in [4.78, 5) is 38.4. The zero-order valence-corrected chi connectivity index (χ0v) is 18.2. The predicted molar refractivity (Wildman–Crippen MR) is 115 cm³/mol. The molecule has 1 N–H and O–H groups in total. The summed E-state index contributed by atoms with van der Waals surface area (Å²) >= 11 is 3.45. The number of amides is 2. The second-order valence-electron chi connectivity index (χ2n) is 7.31. The van der Waals surface area contributed by atoms with Gasteiger partial charge in [-0.05, 0) is 56.2 Å². The molecule has 1 aliphatic rings. The quantitative estimate of drug-likeness (QED) is 0.689. The Morgan fingerprint density at radius 1 is 1.14 bits per heavy atom. The van der Waals surface area contributed by atoms with Gasteiger partial charge in [0.15, 0.2) is 6.61 Å². The summed E-state index contributed by atoms with van der Waals surface area (Å²) in [6.07, 6.45) is 0.0827. The largest absolute Gasteiger partial charge is 0.455 e. The predicted octanol–water partition coefficient (Wildman–Crippen LogP) is 3.91. The summed E-state index contributed by atoms with van der Waals surface area (Å²) in [6, 6.07) is 11.3. The Hall–Kier alpha value is -2.67. The topological polar surface area (TPSA) is 75.7 Å². The Morgan fingerprint density at radius 3 is 2.52 bits per heavy atom. The monoisotopic (exact) mass is 458 g/mol. The SMILES string of the molecule is Cc1ccc(N2C[C@H](C(=O)OCC(=O)Nc3cc(C)c(Br)cc3C)CC2=O)cc1. The minimum absolute atomic E-state index is 0.0827. The van der Waals surface area contributed by atoms with Crippen LogP contribution in [0.15, 0.2) is 40.9 Å². The molecular weight excluding hydrogens is 436 g/mol. The van der Waals surface area contributed by atoms with Gasteiger partial charge in [0.1, 0.15) is 0 Å². The fraction of sp³-hybridized carbons (Fsp3) is 0.318. The Labute approximate surface area is 178 Å². The molecule has 0 aliphatic carbocycles. The van der Waals surface area contributed by atoms with Crippen molar-refractivity contribution in [3.63, 3.8) is 0 Å². The first-order valence-electron chi connectivity index (χ1n) is 9.35. The molecule has 0 aromatic heterocycles. The molecule has 1 saturated heterocycles. The average Bonchev–Trinajstić information content (AvgIpc) is 3.06. The van der Waals surface area contributed by atoms with E-state index in [-0.39, 0.29) is 25.5 Å². The van der Waals surface area contributed by atoms with Gasteiger partial charge in [-0.2, -0.15) is 0 Å². The fourth-order valence-electron chi connectivity index (χ4n) is 3.20. The lowest BCUT2D eigenvalue weighted by molar-refractivity contribution is -0.151. The third-order valence-corrected chi connectivity index (χ3v) is 5.78. The number of nitrogens with zero attached hydrogens (tertiary/aromatic N) is 1. The average molecular weight is 459 g/mol. The maximum absolute atomic E-state index is 12.4. The Morgan fingerprint density at radius 2 is 1.83 bits per heavy atom. The lowest BCUT2D eigenvalue weighted by atomic mass is 10.1. The second-order valence-corrected chi connectivity index (χ2v) is 8.17. The number of carbonyl (C=O) groups excluding carboxylic acids is 3. The Kier molecular flexibility index (Phi) is 6.37. The van der Waals surface area contributed by atoms with E-state index in [1.165, 1.54) is 0 Å². The van der Waals surface area contributed by atoms with Crippen molar-refractivity contribution < 1.29 is 19.1 Å². The smallest absolute Gasteiger partial charge is 0.311 e. The first-order valence-corrected chi connectivity index (χ1v) is 10.1. The Bertz CT molecular complexity index is 956. The minimum Gasteiger partial charge on any atom is -0.455 e. The maximum Gasteiger partial charge on any atom is 0.311 e. The standard InChI is InChI=1S/C22H23BrN2O4/c1-13-4-6-17(7-5-13)25-11-16(10-21(25)27)22(28)29-12-20(26)24-19-9-14(2)18(23)8-15(19)3/h4-9,16H,10-12H2,1-3H3,(H,24,26)/t16-/m1/s1. The van der Waals surface area contributed by atoms with Crippen LogP contribution in [0.2, 0.25) is 0 Å². The van der Waals surface area contributed by atoms with Crippen LogP contribution in [0.5, 0.6) is 0 Å². The molecule has 7 heteroatoms. The Balaban J connectivity index is 1.54. The summed E-state index contributed by atoms with van der Waals surface area (Å²) in [5, 5.41) is 2.76. The minimum atomic E-state index is -0.576. The molecule has 6 nitrogen and oxygen atoms in total. The number of esters is 1. The van der Waals surface area contributed by atoms with Gasteiger partial charge in [-0.1, -0.05) is 33.6 Å². The zero-order chi connectivity index (χ0) is 21.1. The first-order chi connectivity index (χ1) is 13.7. The highest BCUT2D eigenvalue weighted by Gasteiger charge is 2.36. The van der Waals surface area contributed by atoms with Crippen molar-refractivity contribution in [3.8, 4) is 0 Å². The van der Waals surface area contributed by atoms with E-state index >= 15 is 0 Å². The molecule has 3 rings (SSSR count). The van der Waals surface area contributed by atoms with E-state index in [0.717, 1.165) is 26.9 Å². The van der Waals surface area contributed by atoms with Crippen molar-refractivity contribution >= 4 is 45.1 Å². The molecule has 2 aromatic rings. The van der Waals surface area contributed by atoms with E-state index in [1.807, 2.05) is 57.2 Å². The number of hydrogen-bond donors (Lipinski definition) is 1. The van der Waals surface area contributed by atoms with E-state index in [9.17, 15) is 14.4 Å². The van der Waals surface area contributed by atoms with Crippen molar-refractivity contribution in [2.75, 3.05) is 23.4 Å². The van der Waals surface area contributed by atoms with Crippen molar-refractivity contribution in [2.24, 2.45) is 5.92 Å². The van der Waals surface area contributed by atoms with Crippen LogP contribution in [0.25, 0.3) is 0 Å². The summed E-state index contributed by atoms with van der Waals surface area (Å²) in [5.41, 5.74) is 4.42. The number of carbonyl (C=O) groups is 3. The number of rotatable bonds is 5. The van der Waals surface area contributed by atoms with Crippen LogP contribution in [-0.2, 0) is 19.1 Å². The van der Waals surface area contributed by atoms with Gasteiger partial charge in [-0.3, -0.25) is 14.4 Å². The van der Waals surface area contributed by atoms with Gasteiger partial charge >= 0.3 is 5.97 Å². The molecule has 29 heavy (non-hydrogen) atoms. The lowest BCUT2D eigenvalue weighted by Gasteiger charge is -2.16. The molecule has 2 aromatic carbocycles. The summed E-state index contributed by atoms with van der Waals surface area (Å²) in [7, 11) is 0. The van der Waals surface area contributed by atoms with E-state index in [2.05, 4.69) is 21.2 Å². The number of benzene rings is 2. The van der Waals surface area contributed by atoms with Crippen LogP contribution in [0, 0.1) is 26.7 Å². The third kappa shape index (κ3) is 5.03. The van der Waals surface area contributed by atoms with E-state index < -0.39 is 17.8 Å². The van der Waals surface area contributed by atoms with E-state index in [4.69, 9.17) is 4.74 Å². The number of ether oxygens (including phenoxy) is 1. The van der Waals surface area contributed by atoms with Gasteiger partial charge in [0.05, 0.1) is 5.92 Å². The van der Waals surface area contributed by atoms with E-state index in [0.29, 0.717) is 5.69 Å². The molecule has 1 fully saturated rings. The van der Waals surface area contributed by atoms with Gasteiger partial charge in [0.2, 0.25) is 5.91 Å². The van der Waals surface area contributed by atoms with Gasteiger partial charge in [0.25, 0.3) is 5.91 Å². The molecule has 2 amide bonds. The molecule has 0 spiro atoms. The van der Waals surface area contributed by atoms with Crippen LogP contribution < -0.4 is 10.2 Å². The molecule has 0 radical (unpaired) electrons. The number of hydrogen-bond acceptors (Lipinski definition) is 4. The van der Waals surface area contributed by atoms with Crippen molar-refractivity contribution in [1.82, 2.24) is 0 Å². The summed E-state index contributed by atoms with van der Waals surface area (Å²) < 4.78 is 6.13. The fourth-order valence-corrected chi connectivity index (χ4v) is 3.65. The van der Waals surface area contributed by atoms with Gasteiger partial charge in [0, 0.05) is 28.8 Å². The third-order valence-electron chi connectivity index (χ3n) is 4.93. The van der Waals surface area contributed by atoms with Crippen molar-refractivity contribution in [1.29, 1.82) is 0 Å². The van der Waals surface area contributed by atoms with Crippen molar-refractivity contribution in [3.05, 3.63) is 57.6 Å². The summed E-state index contributed by atoms with van der Waals surface area (Å²) in [6.45, 7) is 5.65. The maximum atomic E-state index is 12.4. The van der Waals surface area contributed by atoms with E-state index in [1.54, 1.807) is 4.90 Å². The zero-order valence-electron chi connectivity index (χ0n) is 16.6. The first kappa shape index (κ1) is 21.0. The normalized spacial score (nSPS) is 16.1. The molecule has 0 bridgehead atoms. The lowest BCUT2D eigenvalue weighted by Crippen LogP contribution is -2.28. The number of anilines is 2. The highest BCUT2D eigenvalue weighted by molar-refractivity contribution is 9.10. The molecular formula is C22H23BrN2O4. The summed E-state index contributed by atoms with van der Waals surface area (Å²) in [5.74, 6) is -1.65. The molecule has 0 unspecified atom stereocenters. The van der Waals surface area contributed by atoms with Crippen LogP contribution in [-0.4, -0.2) is 30.9 Å². The van der Waals surface area contributed by atoms with Crippen LogP contribution in [0.4, 0.5) is 11.4 Å². The molecule has 0 saturated carbocycles. The molecule has 1 aliphatic heterocycles. The molecule has 1 atom stereocenters. The number of halogens is 1. The van der Waals surface area contributed by atoms with Crippen LogP contribution >= 0.6 is 15.9 Å². The number of aryl methyl sites for hydroxylation is 3. The molecule has 1 heterocycles. The molecule has 152 valence electrons. The van der Waals surface area contributed by atoms with Crippen LogP contribution in [0.3, 0.4) is 0 Å². The highest BCUT2D eigenvalue weighted by atomic mass is 79.9. The van der Waals surface area contributed by atoms with Crippen molar-refractivity contribution in [2.45, 2.75) is 27.2 Å². The van der Waals surface area contributed by atoms with Gasteiger partial charge in [-0.15, -0.1) is 0 Å². The number of nitrogens with one attached hydrogen (secondary N) is 1. The van der Waals surface area contributed by atoms with Gasteiger partial charge < -0.3 is 15.0 Å². The second kappa shape index (κ2) is 8.78.